The van der Waals surface area contributed by atoms with Crippen LogP contribution in [0.5, 0.6) is 0 Å². The maximum Gasteiger partial charge on any atom is 0.328 e. The van der Waals surface area contributed by atoms with E-state index in [2.05, 4.69) is 41.1 Å². The molecule has 5 rings (SSSR count). The number of carbonyl (C=O) groups is 3. The van der Waals surface area contributed by atoms with Crippen LogP contribution in [0.4, 0.5) is 0 Å². The van der Waals surface area contributed by atoms with E-state index < -0.39 is 17.9 Å². The lowest BCUT2D eigenvalue weighted by molar-refractivity contribution is -0.139. The van der Waals surface area contributed by atoms with E-state index in [0.29, 0.717) is 35.7 Å². The SMILES string of the molecule is [C-]#[N+]/N=C(\NC[C@H](NC(=O)c1c(Cl)cc2c(c1Cl)CCN(C(=O)c1ccc3cn[nH]c3c1)C2)C(=O)O)NC1CC(N(C)C)C1. The Morgan fingerprint density at radius 3 is 2.75 bits per heavy atom. The summed E-state index contributed by atoms with van der Waals surface area (Å²) in [6.07, 6.45) is 3.77. The van der Waals surface area contributed by atoms with Crippen molar-refractivity contribution in [3.63, 3.8) is 0 Å². The third-order valence-corrected chi connectivity index (χ3v) is 8.73. The minimum absolute atomic E-state index is 0.0360. The molecule has 1 aromatic heterocycles. The summed E-state index contributed by atoms with van der Waals surface area (Å²) in [4.78, 5) is 45.4. The molecular formula is C29H31Cl2N9O4. The van der Waals surface area contributed by atoms with E-state index in [9.17, 15) is 19.5 Å². The zero-order valence-electron chi connectivity index (χ0n) is 24.0. The summed E-state index contributed by atoms with van der Waals surface area (Å²) in [5, 5.41) is 29.8. The van der Waals surface area contributed by atoms with Gasteiger partial charge in [0, 0.05) is 42.7 Å². The minimum atomic E-state index is -1.38. The second-order valence-corrected chi connectivity index (χ2v) is 11.8. The summed E-state index contributed by atoms with van der Waals surface area (Å²) in [5.41, 5.74) is 2.60. The smallest absolute Gasteiger partial charge is 0.328 e. The second-order valence-electron chi connectivity index (χ2n) is 11.1. The van der Waals surface area contributed by atoms with E-state index in [0.717, 1.165) is 23.7 Å². The Morgan fingerprint density at radius 2 is 2.05 bits per heavy atom. The Morgan fingerprint density at radius 1 is 1.27 bits per heavy atom. The molecule has 15 heteroatoms. The maximum absolute atomic E-state index is 13.3. The first-order valence-electron chi connectivity index (χ1n) is 13.9. The summed E-state index contributed by atoms with van der Waals surface area (Å²) in [6, 6.07) is 6.05. The number of fused-ring (bicyclic) bond motifs is 2. The molecule has 230 valence electrons. The summed E-state index contributed by atoms with van der Waals surface area (Å²) in [5.74, 6) is -2.08. The van der Waals surface area contributed by atoms with E-state index in [1.165, 1.54) is 0 Å². The molecule has 0 spiro atoms. The first-order valence-corrected chi connectivity index (χ1v) is 14.7. The number of H-pyrrole nitrogens is 1. The minimum Gasteiger partial charge on any atom is -0.480 e. The molecule has 0 saturated heterocycles. The van der Waals surface area contributed by atoms with Gasteiger partial charge in [0.25, 0.3) is 17.8 Å². The lowest BCUT2D eigenvalue weighted by atomic mass is 9.86. The van der Waals surface area contributed by atoms with Crippen molar-refractivity contribution in [1.29, 1.82) is 0 Å². The Balaban J connectivity index is 1.24. The van der Waals surface area contributed by atoms with Crippen molar-refractivity contribution in [2.45, 2.75) is 43.9 Å². The average molecular weight is 641 g/mol. The van der Waals surface area contributed by atoms with Gasteiger partial charge < -0.3 is 30.9 Å². The number of hydrogen-bond donors (Lipinski definition) is 5. The van der Waals surface area contributed by atoms with Crippen LogP contribution in [-0.2, 0) is 17.8 Å². The zero-order valence-corrected chi connectivity index (χ0v) is 25.5. The number of guanidine groups is 1. The van der Waals surface area contributed by atoms with E-state index in [-0.39, 0.29) is 46.6 Å². The number of aromatic nitrogens is 2. The number of carboxylic acids is 1. The van der Waals surface area contributed by atoms with Crippen LogP contribution >= 0.6 is 23.2 Å². The molecule has 2 heterocycles. The number of amides is 2. The molecule has 0 unspecified atom stereocenters. The van der Waals surface area contributed by atoms with Gasteiger partial charge in [0.05, 0.1) is 27.3 Å². The van der Waals surface area contributed by atoms with Crippen LogP contribution in [0, 0.1) is 6.57 Å². The predicted molar refractivity (Wildman–Crippen MR) is 166 cm³/mol. The van der Waals surface area contributed by atoms with Crippen molar-refractivity contribution < 1.29 is 19.5 Å². The van der Waals surface area contributed by atoms with E-state index in [1.54, 1.807) is 29.3 Å². The number of nitrogens with zero attached hydrogens (tertiary/aromatic N) is 5. The highest BCUT2D eigenvalue weighted by atomic mass is 35.5. The number of benzene rings is 2. The molecule has 0 radical (unpaired) electrons. The number of rotatable bonds is 8. The van der Waals surface area contributed by atoms with Crippen LogP contribution in [-0.4, -0.2) is 94.2 Å². The fourth-order valence-electron chi connectivity index (χ4n) is 5.40. The summed E-state index contributed by atoms with van der Waals surface area (Å²) in [7, 11) is 3.99. The normalized spacial score (nSPS) is 18.6. The van der Waals surface area contributed by atoms with Gasteiger partial charge in [-0.05, 0) is 62.7 Å². The monoisotopic (exact) mass is 639 g/mol. The Bertz CT molecular complexity index is 1680. The molecule has 1 fully saturated rings. The highest BCUT2D eigenvalue weighted by Gasteiger charge is 2.33. The molecule has 1 atom stereocenters. The third kappa shape index (κ3) is 6.57. The first kappa shape index (κ1) is 31.1. The molecule has 2 amide bonds. The quantitative estimate of drug-likeness (QED) is 0.109. The van der Waals surface area contributed by atoms with Gasteiger partial charge in [-0.3, -0.25) is 14.7 Å². The van der Waals surface area contributed by atoms with Crippen LogP contribution in [0.2, 0.25) is 10.0 Å². The number of nitrogens with one attached hydrogen (secondary N) is 4. The van der Waals surface area contributed by atoms with Gasteiger partial charge in [0.15, 0.2) is 0 Å². The third-order valence-electron chi connectivity index (χ3n) is 8.02. The lowest BCUT2D eigenvalue weighted by Gasteiger charge is -2.40. The van der Waals surface area contributed by atoms with Crippen LogP contribution in [0.25, 0.3) is 15.9 Å². The lowest BCUT2D eigenvalue weighted by Crippen LogP contribution is -2.56. The van der Waals surface area contributed by atoms with Crippen molar-refractivity contribution in [1.82, 2.24) is 35.9 Å². The van der Waals surface area contributed by atoms with Crippen molar-refractivity contribution in [2.75, 3.05) is 27.2 Å². The largest absolute Gasteiger partial charge is 0.480 e. The Kier molecular flexibility index (Phi) is 9.24. The first-order chi connectivity index (χ1) is 21.0. The molecule has 2 aromatic carbocycles. The topological polar surface area (TPSA) is 159 Å². The van der Waals surface area contributed by atoms with Crippen LogP contribution < -0.4 is 16.0 Å². The van der Waals surface area contributed by atoms with Crippen molar-refractivity contribution in [3.8, 4) is 0 Å². The number of aliphatic carboxylic acids is 1. The van der Waals surface area contributed by atoms with Crippen molar-refractivity contribution >= 4 is 57.8 Å². The summed E-state index contributed by atoms with van der Waals surface area (Å²) >= 11 is 13.2. The summed E-state index contributed by atoms with van der Waals surface area (Å²) < 4.78 is 0. The molecule has 2 aliphatic rings. The Hall–Kier alpha value is -4.38. The number of aromatic amines is 1. The van der Waals surface area contributed by atoms with Crippen LogP contribution in [0.15, 0.2) is 35.6 Å². The number of hydrogen-bond acceptors (Lipinski definition) is 6. The maximum atomic E-state index is 13.3. The number of halogens is 2. The fourth-order valence-corrected chi connectivity index (χ4v) is 6.16. The van der Waals surface area contributed by atoms with Gasteiger partial charge in [-0.1, -0.05) is 29.3 Å². The van der Waals surface area contributed by atoms with Crippen molar-refractivity contribution in [2.24, 2.45) is 5.10 Å². The van der Waals surface area contributed by atoms with E-state index >= 15 is 0 Å². The van der Waals surface area contributed by atoms with E-state index in [1.807, 2.05) is 20.2 Å². The van der Waals surface area contributed by atoms with Gasteiger partial charge in [0.1, 0.15) is 11.1 Å². The zero-order chi connectivity index (χ0) is 31.5. The predicted octanol–water partition coefficient (Wildman–Crippen LogP) is 2.71. The average Bonchev–Trinajstić information content (AvgIpc) is 3.43. The molecule has 44 heavy (non-hydrogen) atoms. The van der Waals surface area contributed by atoms with E-state index in [4.69, 9.17) is 29.8 Å². The van der Waals surface area contributed by atoms with Gasteiger partial charge in [-0.2, -0.15) is 11.7 Å². The molecule has 0 bridgehead atoms. The van der Waals surface area contributed by atoms with Crippen LogP contribution in [0.1, 0.15) is 44.7 Å². The molecule has 1 saturated carbocycles. The molecule has 1 aliphatic carbocycles. The molecule has 1 aliphatic heterocycles. The molecule has 5 N–H and O–H groups in total. The standard InChI is InChI=1S/C29H31Cl2N9O4/c1-32-38-29(35-18-10-19(11-18)39(2)3)33-13-23(28(43)44)36-26(41)24-21(30)8-17-14-40(7-6-20(17)25(24)31)27(42)15-4-5-16-12-34-37-22(16)9-15/h4-5,8-9,12,18-19,23H,6-7,10-11,13-14H2,2-3H3,(H,34,37)(H,36,41)(H,43,44)(H2,33,35,38)/t18?,19?,23-/m0/s1. The highest BCUT2D eigenvalue weighted by Crippen LogP contribution is 2.35. The molecular weight excluding hydrogens is 609 g/mol. The van der Waals surface area contributed by atoms with Crippen LogP contribution in [0.3, 0.4) is 0 Å². The molecule has 3 aromatic rings. The Labute approximate surface area is 263 Å². The fraction of sp³-hybridized carbons (Fsp3) is 0.379. The van der Waals surface area contributed by atoms with Gasteiger partial charge >= 0.3 is 5.97 Å². The van der Waals surface area contributed by atoms with Gasteiger partial charge in [-0.25, -0.2) is 4.79 Å². The van der Waals surface area contributed by atoms with Gasteiger partial charge in [-0.15, -0.1) is 4.95 Å². The molecule has 13 nitrogen and oxygen atoms in total. The highest BCUT2D eigenvalue weighted by molar-refractivity contribution is 6.40. The number of carboxylic acid groups (broad SMARTS) is 1. The second kappa shape index (κ2) is 13.1. The van der Waals surface area contributed by atoms with Gasteiger partial charge in [0.2, 0.25) is 0 Å². The van der Waals surface area contributed by atoms with Crippen molar-refractivity contribution in [3.05, 3.63) is 74.3 Å². The number of carbonyl (C=O) groups excluding carboxylic acids is 2. The summed E-state index contributed by atoms with van der Waals surface area (Å²) in [6.45, 7) is 7.45.